The fraction of sp³-hybridized carbons (Fsp3) is 0.625. The molecule has 0 unspecified atom stereocenters. The van der Waals surface area contributed by atoms with E-state index in [1.807, 2.05) is 10.9 Å². The normalized spacial score (nSPS) is 11.1. The molecular formula is C8H14ClN3. The maximum absolute atomic E-state index is 5.93. The zero-order chi connectivity index (χ0) is 9.14. The van der Waals surface area contributed by atoms with Crippen LogP contribution in [0.3, 0.4) is 0 Å². The largest absolute Gasteiger partial charge is 0.330 e. The highest BCUT2D eigenvalue weighted by Gasteiger charge is 2.07. The number of halogens is 1. The van der Waals surface area contributed by atoms with Crippen molar-refractivity contribution in [3.8, 4) is 0 Å². The number of nitrogens with two attached hydrogens (primary N) is 1. The SMILES string of the molecule is CC(C)n1cc(Cl)c(CCN)n1. The summed E-state index contributed by atoms with van der Waals surface area (Å²) in [5.74, 6) is 0. The molecule has 1 rings (SSSR count). The highest BCUT2D eigenvalue weighted by Crippen LogP contribution is 2.16. The Labute approximate surface area is 77.5 Å². The molecule has 68 valence electrons. The van der Waals surface area contributed by atoms with E-state index in [1.165, 1.54) is 0 Å². The van der Waals surface area contributed by atoms with E-state index < -0.39 is 0 Å². The summed E-state index contributed by atoms with van der Waals surface area (Å²) in [6, 6.07) is 0.356. The first-order chi connectivity index (χ1) is 5.65. The van der Waals surface area contributed by atoms with E-state index in [0.29, 0.717) is 17.6 Å². The number of hydrogen-bond donors (Lipinski definition) is 1. The van der Waals surface area contributed by atoms with Crippen LogP contribution in [0.15, 0.2) is 6.20 Å². The second-order valence-corrected chi connectivity index (χ2v) is 3.44. The van der Waals surface area contributed by atoms with Gasteiger partial charge in [0, 0.05) is 18.7 Å². The van der Waals surface area contributed by atoms with Crippen molar-refractivity contribution in [3.05, 3.63) is 16.9 Å². The third-order valence-corrected chi connectivity index (χ3v) is 1.98. The van der Waals surface area contributed by atoms with E-state index in [-0.39, 0.29) is 0 Å². The quantitative estimate of drug-likeness (QED) is 0.782. The third-order valence-electron chi connectivity index (χ3n) is 1.67. The van der Waals surface area contributed by atoms with Crippen molar-refractivity contribution in [3.63, 3.8) is 0 Å². The van der Waals surface area contributed by atoms with Crippen LogP contribution in [0.5, 0.6) is 0 Å². The summed E-state index contributed by atoms with van der Waals surface area (Å²) < 4.78 is 1.85. The van der Waals surface area contributed by atoms with E-state index in [2.05, 4.69) is 18.9 Å². The molecule has 0 atom stereocenters. The van der Waals surface area contributed by atoms with Gasteiger partial charge in [0.1, 0.15) is 0 Å². The molecule has 12 heavy (non-hydrogen) atoms. The molecule has 1 heterocycles. The van der Waals surface area contributed by atoms with Crippen LogP contribution < -0.4 is 5.73 Å². The van der Waals surface area contributed by atoms with Crippen LogP contribution in [0.25, 0.3) is 0 Å². The van der Waals surface area contributed by atoms with Crippen molar-refractivity contribution < 1.29 is 0 Å². The summed E-state index contributed by atoms with van der Waals surface area (Å²) in [5, 5.41) is 5.02. The van der Waals surface area contributed by atoms with E-state index in [9.17, 15) is 0 Å². The van der Waals surface area contributed by atoms with Crippen LogP contribution in [0.4, 0.5) is 0 Å². The number of hydrogen-bond acceptors (Lipinski definition) is 2. The average molecular weight is 188 g/mol. The van der Waals surface area contributed by atoms with Crippen LogP contribution in [0.2, 0.25) is 5.02 Å². The lowest BCUT2D eigenvalue weighted by atomic mass is 10.3. The van der Waals surface area contributed by atoms with Crippen LogP contribution in [-0.4, -0.2) is 16.3 Å². The molecule has 0 aromatic carbocycles. The summed E-state index contributed by atoms with van der Waals surface area (Å²) >= 11 is 5.93. The van der Waals surface area contributed by atoms with Crippen LogP contribution in [0, 0.1) is 0 Å². The van der Waals surface area contributed by atoms with Crippen molar-refractivity contribution in [2.24, 2.45) is 5.73 Å². The summed E-state index contributed by atoms with van der Waals surface area (Å²) in [4.78, 5) is 0. The number of rotatable bonds is 3. The summed E-state index contributed by atoms with van der Waals surface area (Å²) in [6.07, 6.45) is 2.59. The first kappa shape index (κ1) is 9.55. The Hall–Kier alpha value is -0.540. The van der Waals surface area contributed by atoms with Gasteiger partial charge in [0.05, 0.1) is 10.7 Å². The molecule has 0 saturated heterocycles. The zero-order valence-electron chi connectivity index (χ0n) is 7.42. The predicted molar refractivity (Wildman–Crippen MR) is 50.4 cm³/mol. The molecule has 0 aliphatic heterocycles. The van der Waals surface area contributed by atoms with E-state index in [0.717, 1.165) is 12.1 Å². The van der Waals surface area contributed by atoms with Gasteiger partial charge in [-0.15, -0.1) is 0 Å². The van der Waals surface area contributed by atoms with Gasteiger partial charge in [-0.2, -0.15) is 5.10 Å². The Balaban J connectivity index is 2.85. The smallest absolute Gasteiger partial charge is 0.0823 e. The van der Waals surface area contributed by atoms with Gasteiger partial charge in [-0.05, 0) is 20.4 Å². The predicted octanol–water partition coefficient (Wildman–Crippen LogP) is 1.62. The summed E-state index contributed by atoms with van der Waals surface area (Å²) in [5.41, 5.74) is 6.30. The highest BCUT2D eigenvalue weighted by atomic mass is 35.5. The van der Waals surface area contributed by atoms with Crippen molar-refractivity contribution in [2.45, 2.75) is 26.3 Å². The first-order valence-corrected chi connectivity index (χ1v) is 4.46. The monoisotopic (exact) mass is 187 g/mol. The van der Waals surface area contributed by atoms with Gasteiger partial charge < -0.3 is 5.73 Å². The van der Waals surface area contributed by atoms with Crippen LogP contribution >= 0.6 is 11.6 Å². The molecule has 1 aromatic rings. The molecule has 0 aliphatic carbocycles. The second kappa shape index (κ2) is 3.92. The maximum Gasteiger partial charge on any atom is 0.0823 e. The molecule has 0 radical (unpaired) electrons. The molecule has 0 saturated carbocycles. The van der Waals surface area contributed by atoms with E-state index >= 15 is 0 Å². The summed E-state index contributed by atoms with van der Waals surface area (Å²) in [6.45, 7) is 4.72. The van der Waals surface area contributed by atoms with Gasteiger partial charge in [0.2, 0.25) is 0 Å². The molecule has 2 N–H and O–H groups in total. The molecule has 0 fully saturated rings. The van der Waals surface area contributed by atoms with Crippen molar-refractivity contribution >= 4 is 11.6 Å². The summed E-state index contributed by atoms with van der Waals surface area (Å²) in [7, 11) is 0. The number of aromatic nitrogens is 2. The minimum atomic E-state index is 0.356. The van der Waals surface area contributed by atoms with Crippen molar-refractivity contribution in [1.82, 2.24) is 9.78 Å². The fourth-order valence-corrected chi connectivity index (χ4v) is 1.21. The standard InChI is InChI=1S/C8H14ClN3/c1-6(2)12-5-7(9)8(11-12)3-4-10/h5-6H,3-4,10H2,1-2H3. The molecule has 0 bridgehead atoms. The van der Waals surface area contributed by atoms with Gasteiger partial charge in [-0.3, -0.25) is 4.68 Å². The lowest BCUT2D eigenvalue weighted by Crippen LogP contribution is -2.06. The number of nitrogens with zero attached hydrogens (tertiary/aromatic N) is 2. The fourth-order valence-electron chi connectivity index (χ4n) is 0.977. The van der Waals surface area contributed by atoms with Gasteiger partial charge in [-0.25, -0.2) is 0 Å². The lowest BCUT2D eigenvalue weighted by Gasteiger charge is -2.02. The van der Waals surface area contributed by atoms with Gasteiger partial charge in [-0.1, -0.05) is 11.6 Å². The molecule has 4 heteroatoms. The minimum absolute atomic E-state index is 0.356. The molecule has 0 aliphatic rings. The maximum atomic E-state index is 5.93. The second-order valence-electron chi connectivity index (χ2n) is 3.04. The van der Waals surface area contributed by atoms with E-state index in [1.54, 1.807) is 0 Å². The highest BCUT2D eigenvalue weighted by molar-refractivity contribution is 6.31. The Morgan fingerprint density at radius 2 is 2.33 bits per heavy atom. The zero-order valence-corrected chi connectivity index (χ0v) is 8.17. The molecule has 1 aromatic heterocycles. The van der Waals surface area contributed by atoms with Gasteiger partial charge in [0.25, 0.3) is 0 Å². The Morgan fingerprint density at radius 3 is 2.75 bits per heavy atom. The average Bonchev–Trinajstić information content (AvgIpc) is 2.34. The third kappa shape index (κ3) is 1.99. The lowest BCUT2D eigenvalue weighted by molar-refractivity contribution is 0.526. The van der Waals surface area contributed by atoms with Crippen molar-refractivity contribution in [1.29, 1.82) is 0 Å². The van der Waals surface area contributed by atoms with Gasteiger partial charge >= 0.3 is 0 Å². The molecule has 0 spiro atoms. The van der Waals surface area contributed by atoms with E-state index in [4.69, 9.17) is 17.3 Å². The van der Waals surface area contributed by atoms with Crippen LogP contribution in [0.1, 0.15) is 25.6 Å². The Kier molecular flexibility index (Phi) is 3.12. The minimum Gasteiger partial charge on any atom is -0.330 e. The molecule has 0 amide bonds. The first-order valence-electron chi connectivity index (χ1n) is 4.08. The molecule has 3 nitrogen and oxygen atoms in total. The van der Waals surface area contributed by atoms with Gasteiger partial charge in [0.15, 0.2) is 0 Å². The van der Waals surface area contributed by atoms with Crippen molar-refractivity contribution in [2.75, 3.05) is 6.54 Å². The van der Waals surface area contributed by atoms with Crippen LogP contribution in [-0.2, 0) is 6.42 Å². The Morgan fingerprint density at radius 1 is 1.67 bits per heavy atom. The Bertz CT molecular complexity index is 255. The molecular weight excluding hydrogens is 174 g/mol. The topological polar surface area (TPSA) is 43.8 Å².